The number of carbonyl (C=O) groups excluding carboxylic acids is 2. The Morgan fingerprint density at radius 3 is 1.80 bits per heavy atom. The largest absolute Gasteiger partial charge is 0.459 e. The molecule has 0 aliphatic carbocycles. The highest BCUT2D eigenvalue weighted by molar-refractivity contribution is 5.76. The molecular formula is C46H78N2O8. The molecule has 1 fully saturated rings. The van der Waals surface area contributed by atoms with Crippen molar-refractivity contribution in [1.82, 2.24) is 10.2 Å². The topological polar surface area (TPSA) is 160 Å². The predicted molar refractivity (Wildman–Crippen MR) is 228 cm³/mol. The molecule has 1 rings (SSSR count). The Kier molecular flexibility index (Phi) is 25.3. The summed E-state index contributed by atoms with van der Waals surface area (Å²) in [5.41, 5.74) is -3.39. The van der Waals surface area contributed by atoms with Gasteiger partial charge in [-0.1, -0.05) is 101 Å². The third-order valence-electron chi connectivity index (χ3n) is 10.9. The molecule has 1 amide bonds. The zero-order valence-corrected chi connectivity index (χ0v) is 35.9. The van der Waals surface area contributed by atoms with Gasteiger partial charge < -0.3 is 35.6 Å². The molecule has 10 atom stereocenters. The molecule has 320 valence electrons. The van der Waals surface area contributed by atoms with Crippen LogP contribution in [-0.4, -0.2) is 104 Å². The van der Waals surface area contributed by atoms with Crippen molar-refractivity contribution in [3.8, 4) is 0 Å². The third kappa shape index (κ3) is 19.1. The summed E-state index contributed by atoms with van der Waals surface area (Å²) in [4.78, 5) is 27.7. The molecule has 1 aliphatic rings. The Morgan fingerprint density at radius 1 is 0.804 bits per heavy atom. The van der Waals surface area contributed by atoms with Crippen molar-refractivity contribution in [3.63, 3.8) is 0 Å². The van der Waals surface area contributed by atoms with Crippen molar-refractivity contribution >= 4 is 11.9 Å². The second kappa shape index (κ2) is 27.7. The van der Waals surface area contributed by atoms with Gasteiger partial charge in [-0.05, 0) is 97.8 Å². The summed E-state index contributed by atoms with van der Waals surface area (Å²) in [5.74, 6) is -2.88. The number of hydrogen-bond acceptors (Lipinski definition) is 9. The summed E-state index contributed by atoms with van der Waals surface area (Å²) in [6, 6.07) is -0.592. The molecular weight excluding hydrogens is 709 g/mol. The Morgan fingerprint density at radius 2 is 1.30 bits per heavy atom. The van der Waals surface area contributed by atoms with Crippen LogP contribution >= 0.6 is 0 Å². The maximum absolute atomic E-state index is 13.1. The van der Waals surface area contributed by atoms with Gasteiger partial charge in [0, 0.05) is 38.0 Å². The summed E-state index contributed by atoms with van der Waals surface area (Å²) in [5, 5.41) is 59.5. The maximum Gasteiger partial charge on any atom is 0.311 e. The molecule has 0 saturated carbocycles. The number of allylic oxidation sites excluding steroid dienone is 12. The van der Waals surface area contributed by atoms with E-state index in [1.807, 2.05) is 17.9 Å². The Labute approximate surface area is 339 Å². The summed E-state index contributed by atoms with van der Waals surface area (Å²) >= 11 is 0. The third-order valence-corrected chi connectivity index (χ3v) is 10.9. The van der Waals surface area contributed by atoms with Crippen LogP contribution in [-0.2, 0) is 14.3 Å². The first-order valence-electron chi connectivity index (χ1n) is 21.1. The Balaban J connectivity index is 2.66. The zero-order valence-electron chi connectivity index (χ0n) is 35.9. The van der Waals surface area contributed by atoms with Gasteiger partial charge >= 0.3 is 5.97 Å². The number of aliphatic hydroxyl groups excluding tert-OH is 3. The van der Waals surface area contributed by atoms with Gasteiger partial charge in [0.15, 0.2) is 0 Å². The molecule has 10 heteroatoms. The van der Waals surface area contributed by atoms with E-state index in [2.05, 4.69) is 79.1 Å². The van der Waals surface area contributed by atoms with E-state index < -0.39 is 59.5 Å². The fourth-order valence-corrected chi connectivity index (χ4v) is 7.29. The van der Waals surface area contributed by atoms with Gasteiger partial charge in [0.2, 0.25) is 5.91 Å². The maximum atomic E-state index is 13.1. The summed E-state index contributed by atoms with van der Waals surface area (Å²) in [6.07, 6.45) is 28.5. The number of cyclic esters (lactones) is 1. The fraction of sp³-hybridized carbons (Fsp3) is 0.696. The number of nitrogens with one attached hydrogen (secondary N) is 1. The molecule has 1 aliphatic heterocycles. The number of esters is 1. The summed E-state index contributed by atoms with van der Waals surface area (Å²) < 4.78 is 5.68. The zero-order chi connectivity index (χ0) is 42.1. The molecule has 1 saturated heterocycles. The first-order valence-corrected chi connectivity index (χ1v) is 21.1. The van der Waals surface area contributed by atoms with Crippen LogP contribution in [0.25, 0.3) is 0 Å². The van der Waals surface area contributed by atoms with Crippen molar-refractivity contribution in [3.05, 3.63) is 72.9 Å². The molecule has 0 radical (unpaired) electrons. The number of amides is 1. The van der Waals surface area contributed by atoms with Gasteiger partial charge in [0.1, 0.15) is 17.8 Å². The van der Waals surface area contributed by atoms with Crippen LogP contribution in [0.3, 0.4) is 0 Å². The first kappa shape index (κ1) is 51.2. The average molecular weight is 787 g/mol. The van der Waals surface area contributed by atoms with Gasteiger partial charge in [-0.25, -0.2) is 0 Å². The summed E-state index contributed by atoms with van der Waals surface area (Å²) in [7, 11) is 0. The molecule has 6 N–H and O–H groups in total. The lowest BCUT2D eigenvalue weighted by Crippen LogP contribution is -2.59. The lowest BCUT2D eigenvalue weighted by Gasteiger charge is -2.43. The van der Waals surface area contributed by atoms with Crippen LogP contribution in [0.2, 0.25) is 0 Å². The van der Waals surface area contributed by atoms with E-state index in [1.165, 1.54) is 20.8 Å². The second-order valence-electron chi connectivity index (χ2n) is 16.1. The van der Waals surface area contributed by atoms with Crippen molar-refractivity contribution in [2.45, 2.75) is 168 Å². The van der Waals surface area contributed by atoms with Gasteiger partial charge in [-0.15, -0.1) is 0 Å². The molecule has 56 heavy (non-hydrogen) atoms. The van der Waals surface area contributed by atoms with Gasteiger partial charge in [0.25, 0.3) is 0 Å². The van der Waals surface area contributed by atoms with E-state index in [4.69, 9.17) is 4.74 Å². The minimum Gasteiger partial charge on any atom is -0.459 e. The molecule has 0 aromatic heterocycles. The van der Waals surface area contributed by atoms with Crippen LogP contribution in [0.4, 0.5) is 0 Å². The normalized spacial score (nSPS) is 32.3. The number of nitrogens with zero attached hydrogens (tertiary/aromatic N) is 1. The number of rotatable bonds is 19. The standard InChI is InChI=1S/C46H78N2O8/c1-9-11-12-13-14-15-16-17-18-19-20-21-22-23-24-25-26-27-28-30-40(49)47-31-29-32-48-34-35(3)33-45(7,54)42(51)36(4)41(50)37(5)44(53)56-39(10-2)46(8,55)43(52)38(48)6/h11-12,14-15,17-18,20-21,23-24,26-27,35-39,41-43,50-52,54-55H,9-10,13,16,19,22,25,28-34H2,1-8H3,(H,47,49)/t35-,36+,37-,38-,39-,41+,42-,43-,45-,46-/m1/s1. The van der Waals surface area contributed by atoms with Crippen molar-refractivity contribution in [2.24, 2.45) is 17.8 Å². The quantitative estimate of drug-likeness (QED) is 0.0466. The molecule has 0 aromatic rings. The van der Waals surface area contributed by atoms with Crippen molar-refractivity contribution < 1.29 is 39.9 Å². The molecule has 0 aromatic carbocycles. The van der Waals surface area contributed by atoms with Crippen molar-refractivity contribution in [1.29, 1.82) is 0 Å². The van der Waals surface area contributed by atoms with Crippen LogP contribution in [0.1, 0.15) is 126 Å². The predicted octanol–water partition coefficient (Wildman–Crippen LogP) is 6.88. The van der Waals surface area contributed by atoms with E-state index in [-0.39, 0.29) is 24.7 Å². The molecule has 0 spiro atoms. The van der Waals surface area contributed by atoms with Crippen LogP contribution < -0.4 is 5.32 Å². The van der Waals surface area contributed by atoms with Crippen LogP contribution in [0.5, 0.6) is 0 Å². The minimum atomic E-state index is -1.82. The molecule has 10 nitrogen and oxygen atoms in total. The highest BCUT2D eigenvalue weighted by Crippen LogP contribution is 2.32. The van der Waals surface area contributed by atoms with Gasteiger partial charge in [-0.3, -0.25) is 14.5 Å². The highest BCUT2D eigenvalue weighted by atomic mass is 16.6. The lowest BCUT2D eigenvalue weighted by atomic mass is 9.78. The highest BCUT2D eigenvalue weighted by Gasteiger charge is 2.47. The minimum absolute atomic E-state index is 0.0471. The molecule has 0 unspecified atom stereocenters. The van der Waals surface area contributed by atoms with E-state index in [0.717, 1.165) is 38.5 Å². The Bertz CT molecular complexity index is 1290. The second-order valence-corrected chi connectivity index (χ2v) is 16.1. The summed E-state index contributed by atoms with van der Waals surface area (Å²) in [6.45, 7) is 15.0. The monoisotopic (exact) mass is 787 g/mol. The van der Waals surface area contributed by atoms with E-state index in [0.29, 0.717) is 38.9 Å². The van der Waals surface area contributed by atoms with Gasteiger partial charge in [0.05, 0.1) is 23.7 Å². The number of hydrogen-bond donors (Lipinski definition) is 6. The smallest absolute Gasteiger partial charge is 0.311 e. The van der Waals surface area contributed by atoms with E-state index in [9.17, 15) is 35.1 Å². The fourth-order valence-electron chi connectivity index (χ4n) is 7.29. The van der Waals surface area contributed by atoms with E-state index >= 15 is 0 Å². The van der Waals surface area contributed by atoms with E-state index in [1.54, 1.807) is 20.8 Å². The van der Waals surface area contributed by atoms with Gasteiger partial charge in [-0.2, -0.15) is 0 Å². The first-order chi connectivity index (χ1) is 26.5. The van der Waals surface area contributed by atoms with Crippen LogP contribution in [0.15, 0.2) is 72.9 Å². The average Bonchev–Trinajstić information content (AvgIpc) is 3.16. The number of ether oxygens (including phenoxy) is 1. The SMILES string of the molecule is CCC=CCC=CCC=CCC=CCC=CCC=CCCC(=O)NCCCN1C[C@H](C)C[C@@](C)(O)[C@H](O)[C@@H](C)[C@H](O)[C@@H](C)C(=O)O[C@H](CC)[C@@](C)(O)[C@H](O)[C@H]1C. The number of aliphatic hydroxyl groups is 5. The number of carbonyl (C=O) groups is 2. The molecule has 1 heterocycles. The van der Waals surface area contributed by atoms with Crippen LogP contribution in [0, 0.1) is 17.8 Å². The lowest BCUT2D eigenvalue weighted by molar-refractivity contribution is -0.193. The van der Waals surface area contributed by atoms with Crippen molar-refractivity contribution in [2.75, 3.05) is 19.6 Å². The Hall–Kier alpha value is -2.86. The molecule has 0 bridgehead atoms.